The Balaban J connectivity index is 1.88. The van der Waals surface area contributed by atoms with Gasteiger partial charge in [0.25, 0.3) is 5.56 Å². The van der Waals surface area contributed by atoms with Crippen molar-refractivity contribution in [3.05, 3.63) is 65.2 Å². The van der Waals surface area contributed by atoms with Crippen molar-refractivity contribution in [3.63, 3.8) is 0 Å². The third-order valence-corrected chi connectivity index (χ3v) is 5.81. The number of aromatic nitrogens is 2. The van der Waals surface area contributed by atoms with E-state index in [1.807, 2.05) is 30.5 Å². The lowest BCUT2D eigenvalue weighted by Crippen LogP contribution is -2.28. The van der Waals surface area contributed by atoms with E-state index in [9.17, 15) is 9.90 Å². The van der Waals surface area contributed by atoms with Crippen LogP contribution in [0.2, 0.25) is 0 Å². The molecule has 1 aromatic heterocycles. The van der Waals surface area contributed by atoms with Gasteiger partial charge < -0.3 is 14.6 Å². The minimum Gasteiger partial charge on any atom is -0.493 e. The molecule has 6 nitrogen and oxygen atoms in total. The Kier molecular flexibility index (Phi) is 7.12. The molecule has 0 saturated heterocycles. The van der Waals surface area contributed by atoms with E-state index in [0.29, 0.717) is 22.2 Å². The van der Waals surface area contributed by atoms with Gasteiger partial charge in [-0.05, 0) is 56.5 Å². The molecule has 0 fully saturated rings. The molecule has 8 heteroatoms. The van der Waals surface area contributed by atoms with E-state index in [-0.39, 0.29) is 12.2 Å². The summed E-state index contributed by atoms with van der Waals surface area (Å²) < 4.78 is 12.6. The first-order valence-corrected chi connectivity index (χ1v) is 11.3. The lowest BCUT2D eigenvalue weighted by Gasteiger charge is -2.19. The van der Waals surface area contributed by atoms with Crippen molar-refractivity contribution in [1.29, 1.82) is 0 Å². The highest BCUT2D eigenvalue weighted by molar-refractivity contribution is 7.99. The van der Waals surface area contributed by atoms with Gasteiger partial charge in [-0.1, -0.05) is 11.8 Å². The SMILES string of the molecule is COc1cc(-n2ccnc(Sc3ccc(SC)cc3)c2=O)ccc1OCC(C)(C)O. The Morgan fingerprint density at radius 3 is 2.43 bits per heavy atom. The van der Waals surface area contributed by atoms with Crippen LogP contribution in [0.3, 0.4) is 0 Å². The van der Waals surface area contributed by atoms with Gasteiger partial charge in [0.15, 0.2) is 16.5 Å². The number of nitrogens with zero attached hydrogens (tertiary/aromatic N) is 2. The molecule has 158 valence electrons. The normalized spacial score (nSPS) is 11.4. The van der Waals surface area contributed by atoms with Gasteiger partial charge in [0.2, 0.25) is 0 Å². The number of aliphatic hydroxyl groups is 1. The zero-order valence-electron chi connectivity index (χ0n) is 17.3. The van der Waals surface area contributed by atoms with Crippen LogP contribution in [-0.4, -0.2) is 40.2 Å². The van der Waals surface area contributed by atoms with Crippen molar-refractivity contribution >= 4 is 23.5 Å². The summed E-state index contributed by atoms with van der Waals surface area (Å²) in [5.41, 5.74) is -0.552. The number of thioether (sulfide) groups is 1. The molecule has 0 aliphatic carbocycles. The maximum absolute atomic E-state index is 13.0. The molecule has 3 rings (SSSR count). The molecule has 0 amide bonds. The number of benzene rings is 2. The van der Waals surface area contributed by atoms with Crippen molar-refractivity contribution in [2.45, 2.75) is 34.3 Å². The van der Waals surface area contributed by atoms with E-state index < -0.39 is 5.60 Å². The van der Waals surface area contributed by atoms with Gasteiger partial charge in [-0.25, -0.2) is 4.98 Å². The third kappa shape index (κ3) is 5.59. The summed E-state index contributed by atoms with van der Waals surface area (Å²) in [6.45, 7) is 3.45. The van der Waals surface area contributed by atoms with E-state index in [1.165, 1.54) is 23.4 Å². The fourth-order valence-corrected chi connectivity index (χ4v) is 3.81. The molecule has 0 bridgehead atoms. The predicted octanol–water partition coefficient (Wildman–Crippen LogP) is 4.26. The summed E-state index contributed by atoms with van der Waals surface area (Å²) >= 11 is 3.00. The number of rotatable bonds is 8. The van der Waals surface area contributed by atoms with Crippen LogP contribution in [0.1, 0.15) is 13.8 Å². The second-order valence-corrected chi connectivity index (χ2v) is 9.06. The van der Waals surface area contributed by atoms with E-state index in [1.54, 1.807) is 56.2 Å². The molecular weight excluding hydrogens is 420 g/mol. The summed E-state index contributed by atoms with van der Waals surface area (Å²) in [4.78, 5) is 19.4. The molecule has 2 aromatic carbocycles. The Bertz CT molecular complexity index is 1060. The summed E-state index contributed by atoms with van der Waals surface area (Å²) in [5, 5.41) is 10.3. The van der Waals surface area contributed by atoms with E-state index in [0.717, 1.165) is 9.79 Å². The minimum atomic E-state index is -0.966. The van der Waals surface area contributed by atoms with Gasteiger partial charge in [-0.3, -0.25) is 9.36 Å². The molecule has 0 atom stereocenters. The fraction of sp³-hybridized carbons (Fsp3) is 0.273. The minimum absolute atomic E-state index is 0.119. The molecule has 0 saturated carbocycles. The zero-order valence-corrected chi connectivity index (χ0v) is 18.9. The predicted molar refractivity (Wildman–Crippen MR) is 121 cm³/mol. The topological polar surface area (TPSA) is 73.6 Å². The second kappa shape index (κ2) is 9.59. The van der Waals surface area contributed by atoms with Crippen molar-refractivity contribution in [2.24, 2.45) is 0 Å². The first-order chi connectivity index (χ1) is 14.3. The first-order valence-electron chi connectivity index (χ1n) is 9.24. The van der Waals surface area contributed by atoms with Crippen LogP contribution in [-0.2, 0) is 0 Å². The summed E-state index contributed by atoms with van der Waals surface area (Å²) in [7, 11) is 1.53. The lowest BCUT2D eigenvalue weighted by atomic mass is 10.2. The van der Waals surface area contributed by atoms with Gasteiger partial charge in [-0.15, -0.1) is 11.8 Å². The molecular formula is C22H24N2O4S2. The van der Waals surface area contributed by atoms with E-state index in [2.05, 4.69) is 4.98 Å². The Morgan fingerprint density at radius 2 is 1.80 bits per heavy atom. The number of hydrogen-bond acceptors (Lipinski definition) is 7. The van der Waals surface area contributed by atoms with Crippen molar-refractivity contribution in [3.8, 4) is 17.2 Å². The molecule has 0 unspecified atom stereocenters. The average molecular weight is 445 g/mol. The summed E-state index contributed by atoms with van der Waals surface area (Å²) in [5.74, 6) is 0.969. The Morgan fingerprint density at radius 1 is 1.10 bits per heavy atom. The Labute approximate surface area is 184 Å². The van der Waals surface area contributed by atoms with Gasteiger partial charge in [0.05, 0.1) is 18.4 Å². The molecule has 3 aromatic rings. The van der Waals surface area contributed by atoms with Crippen molar-refractivity contribution in [1.82, 2.24) is 9.55 Å². The van der Waals surface area contributed by atoms with Gasteiger partial charge in [0, 0.05) is 28.3 Å². The standard InChI is InChI=1S/C22H24N2O4S2/c1-22(2,26)14-28-18-10-5-15(13-19(18)27-3)24-12-11-23-20(21(24)25)30-17-8-6-16(29-4)7-9-17/h5-13,26H,14H2,1-4H3. The van der Waals surface area contributed by atoms with Gasteiger partial charge in [-0.2, -0.15) is 0 Å². The fourth-order valence-electron chi connectivity index (χ4n) is 2.60. The molecule has 1 N–H and O–H groups in total. The van der Waals surface area contributed by atoms with Crippen LogP contribution in [0.4, 0.5) is 0 Å². The molecule has 1 heterocycles. The van der Waals surface area contributed by atoms with Crippen LogP contribution in [0.5, 0.6) is 11.5 Å². The highest BCUT2D eigenvalue weighted by Crippen LogP contribution is 2.30. The number of methoxy groups -OCH3 is 1. The van der Waals surface area contributed by atoms with Gasteiger partial charge >= 0.3 is 0 Å². The molecule has 30 heavy (non-hydrogen) atoms. The van der Waals surface area contributed by atoms with E-state index >= 15 is 0 Å². The van der Waals surface area contributed by atoms with Crippen LogP contribution in [0, 0.1) is 0 Å². The molecule has 0 aliphatic heterocycles. The van der Waals surface area contributed by atoms with E-state index in [4.69, 9.17) is 9.47 Å². The molecule has 0 radical (unpaired) electrons. The van der Waals surface area contributed by atoms with Crippen molar-refractivity contribution in [2.75, 3.05) is 20.0 Å². The average Bonchev–Trinajstić information content (AvgIpc) is 2.73. The van der Waals surface area contributed by atoms with Gasteiger partial charge in [0.1, 0.15) is 6.61 Å². The zero-order chi connectivity index (χ0) is 21.7. The first kappa shape index (κ1) is 22.3. The monoisotopic (exact) mass is 444 g/mol. The van der Waals surface area contributed by atoms with Crippen LogP contribution in [0.25, 0.3) is 5.69 Å². The van der Waals surface area contributed by atoms with Crippen LogP contribution < -0.4 is 15.0 Å². The quantitative estimate of drug-likeness (QED) is 0.520. The largest absolute Gasteiger partial charge is 0.493 e. The maximum Gasteiger partial charge on any atom is 0.287 e. The van der Waals surface area contributed by atoms with Crippen molar-refractivity contribution < 1.29 is 14.6 Å². The second-order valence-electron chi connectivity index (χ2n) is 7.12. The molecule has 0 spiro atoms. The molecule has 0 aliphatic rings. The summed E-state index contributed by atoms with van der Waals surface area (Å²) in [6, 6.07) is 13.2. The number of hydrogen-bond donors (Lipinski definition) is 1. The van der Waals surface area contributed by atoms with Crippen LogP contribution in [0.15, 0.2) is 74.5 Å². The smallest absolute Gasteiger partial charge is 0.287 e. The summed E-state index contributed by atoms with van der Waals surface area (Å²) in [6.07, 6.45) is 5.25. The maximum atomic E-state index is 13.0. The third-order valence-electron chi connectivity index (χ3n) is 4.09. The lowest BCUT2D eigenvalue weighted by molar-refractivity contribution is 0.0276. The highest BCUT2D eigenvalue weighted by Gasteiger charge is 2.16. The number of ether oxygens (including phenoxy) is 2. The highest BCUT2D eigenvalue weighted by atomic mass is 32.2. The Hall–Kier alpha value is -2.42. The van der Waals surface area contributed by atoms with Crippen LogP contribution >= 0.6 is 23.5 Å².